The van der Waals surface area contributed by atoms with Crippen LogP contribution in [0.5, 0.6) is 0 Å². The number of hydrogen-bond acceptors (Lipinski definition) is 3. The number of likely N-dealkylation sites (N-methyl/N-ethyl adjacent to an activating group) is 1. The lowest BCUT2D eigenvalue weighted by molar-refractivity contribution is 0.460. The van der Waals surface area contributed by atoms with Gasteiger partial charge in [0.05, 0.1) is 4.90 Å². The van der Waals surface area contributed by atoms with Gasteiger partial charge in [-0.1, -0.05) is 24.6 Å². The molecule has 0 aromatic heterocycles. The van der Waals surface area contributed by atoms with E-state index in [1.54, 1.807) is 19.1 Å². The van der Waals surface area contributed by atoms with Gasteiger partial charge in [0.2, 0.25) is 10.0 Å². The summed E-state index contributed by atoms with van der Waals surface area (Å²) >= 11 is 5.92. The summed E-state index contributed by atoms with van der Waals surface area (Å²) in [5.74, 6) is 0. The molecule has 1 aromatic rings. The van der Waals surface area contributed by atoms with Gasteiger partial charge in [0, 0.05) is 24.7 Å². The third-order valence-electron chi connectivity index (χ3n) is 2.56. The second-order valence-corrected chi connectivity index (χ2v) is 6.05. The average molecular weight is 289 g/mol. The summed E-state index contributed by atoms with van der Waals surface area (Å²) in [6.07, 6.45) is 1.56. The molecule has 6 heteroatoms. The molecule has 0 bridgehead atoms. The fourth-order valence-electron chi connectivity index (χ4n) is 1.56. The molecule has 0 atom stereocenters. The monoisotopic (exact) mass is 288 g/mol. The zero-order valence-electron chi connectivity index (χ0n) is 10.3. The summed E-state index contributed by atoms with van der Waals surface area (Å²) in [6.45, 7) is 6.20. The van der Waals surface area contributed by atoms with E-state index in [1.807, 2.05) is 0 Å². The van der Waals surface area contributed by atoms with Crippen LogP contribution in [0.25, 0.3) is 0 Å². The topological polar surface area (TPSA) is 63.4 Å². The third-order valence-corrected chi connectivity index (χ3v) is 4.87. The minimum Gasteiger partial charge on any atom is -0.326 e. The molecule has 4 nitrogen and oxygen atoms in total. The van der Waals surface area contributed by atoms with Gasteiger partial charge in [-0.25, -0.2) is 8.42 Å². The second kappa shape index (κ2) is 6.33. The van der Waals surface area contributed by atoms with Crippen LogP contribution in [0.1, 0.15) is 12.5 Å². The highest BCUT2D eigenvalue weighted by molar-refractivity contribution is 7.89. The Balaban J connectivity index is 3.23. The minimum absolute atomic E-state index is 0.204. The molecule has 0 amide bonds. The molecule has 0 aliphatic heterocycles. The molecule has 0 aliphatic carbocycles. The van der Waals surface area contributed by atoms with Crippen LogP contribution < -0.4 is 5.73 Å². The van der Waals surface area contributed by atoms with Crippen LogP contribution in [0.2, 0.25) is 5.02 Å². The number of halogens is 1. The Bertz CT molecular complexity index is 529. The molecule has 100 valence electrons. The molecular formula is C12H17ClN2O2S. The van der Waals surface area contributed by atoms with E-state index in [9.17, 15) is 8.42 Å². The van der Waals surface area contributed by atoms with E-state index in [4.69, 9.17) is 17.3 Å². The summed E-state index contributed by atoms with van der Waals surface area (Å²) < 4.78 is 26.0. The minimum atomic E-state index is -3.51. The third kappa shape index (κ3) is 3.11. The van der Waals surface area contributed by atoms with Crippen molar-refractivity contribution in [1.82, 2.24) is 4.31 Å². The number of hydrogen-bond donors (Lipinski definition) is 1. The molecule has 0 spiro atoms. The van der Waals surface area contributed by atoms with E-state index in [1.165, 1.54) is 16.4 Å². The predicted octanol–water partition coefficient (Wildman–Crippen LogP) is 2.00. The van der Waals surface area contributed by atoms with Crippen LogP contribution >= 0.6 is 11.6 Å². The first-order chi connectivity index (χ1) is 8.47. The molecule has 0 unspecified atom stereocenters. The largest absolute Gasteiger partial charge is 0.326 e. The zero-order chi connectivity index (χ0) is 13.8. The zero-order valence-corrected chi connectivity index (χ0v) is 11.8. The van der Waals surface area contributed by atoms with Crippen LogP contribution in [0.15, 0.2) is 35.7 Å². The summed E-state index contributed by atoms with van der Waals surface area (Å²) in [4.78, 5) is 0.205. The number of benzene rings is 1. The number of rotatable bonds is 6. The van der Waals surface area contributed by atoms with Crippen molar-refractivity contribution < 1.29 is 8.42 Å². The number of nitrogens with zero attached hydrogens (tertiary/aromatic N) is 1. The average Bonchev–Trinajstić information content (AvgIpc) is 2.35. The summed E-state index contributed by atoms with van der Waals surface area (Å²) in [5, 5.41) is 0.475. The van der Waals surface area contributed by atoms with E-state index in [-0.39, 0.29) is 18.0 Å². The van der Waals surface area contributed by atoms with Gasteiger partial charge in [-0.3, -0.25) is 0 Å². The second-order valence-electron chi connectivity index (χ2n) is 3.70. The predicted molar refractivity (Wildman–Crippen MR) is 74.0 cm³/mol. The molecule has 0 radical (unpaired) electrons. The highest BCUT2D eigenvalue weighted by Gasteiger charge is 2.22. The van der Waals surface area contributed by atoms with Gasteiger partial charge in [0.25, 0.3) is 0 Å². The Morgan fingerprint density at radius 3 is 2.67 bits per heavy atom. The van der Waals surface area contributed by atoms with E-state index in [2.05, 4.69) is 6.58 Å². The Hall–Kier alpha value is -0.880. The molecule has 18 heavy (non-hydrogen) atoms. The highest BCUT2D eigenvalue weighted by atomic mass is 35.5. The fourth-order valence-corrected chi connectivity index (χ4v) is 3.22. The van der Waals surface area contributed by atoms with Gasteiger partial charge in [-0.2, -0.15) is 4.31 Å². The first-order valence-corrected chi connectivity index (χ1v) is 7.38. The van der Waals surface area contributed by atoms with Crippen LogP contribution in [0.3, 0.4) is 0 Å². The highest BCUT2D eigenvalue weighted by Crippen LogP contribution is 2.22. The van der Waals surface area contributed by atoms with Crippen molar-refractivity contribution in [1.29, 1.82) is 0 Å². The van der Waals surface area contributed by atoms with Crippen LogP contribution in [-0.4, -0.2) is 25.8 Å². The van der Waals surface area contributed by atoms with Crippen molar-refractivity contribution >= 4 is 21.6 Å². The maximum absolute atomic E-state index is 12.3. The van der Waals surface area contributed by atoms with E-state index in [0.717, 1.165) is 0 Å². The Morgan fingerprint density at radius 2 is 2.17 bits per heavy atom. The van der Waals surface area contributed by atoms with Gasteiger partial charge in [-0.15, -0.1) is 6.58 Å². The van der Waals surface area contributed by atoms with Gasteiger partial charge in [0.1, 0.15) is 0 Å². The van der Waals surface area contributed by atoms with Crippen molar-refractivity contribution in [3.8, 4) is 0 Å². The quantitative estimate of drug-likeness (QED) is 0.814. The van der Waals surface area contributed by atoms with Crippen molar-refractivity contribution in [2.75, 3.05) is 13.1 Å². The lowest BCUT2D eigenvalue weighted by Crippen LogP contribution is -2.31. The maximum atomic E-state index is 12.3. The Morgan fingerprint density at radius 1 is 1.50 bits per heavy atom. The summed E-state index contributed by atoms with van der Waals surface area (Å²) in [6, 6.07) is 4.56. The molecule has 0 aliphatic rings. The van der Waals surface area contributed by atoms with Crippen molar-refractivity contribution in [2.24, 2.45) is 5.73 Å². The van der Waals surface area contributed by atoms with Gasteiger partial charge in [-0.05, 0) is 23.8 Å². The number of nitrogens with two attached hydrogens (primary N) is 1. The van der Waals surface area contributed by atoms with E-state index < -0.39 is 10.0 Å². The SMILES string of the molecule is C=CCN(CC)S(=O)(=O)c1ccc(Cl)c(CN)c1. The van der Waals surface area contributed by atoms with Gasteiger partial charge in [0.15, 0.2) is 0 Å². The Kier molecular flexibility index (Phi) is 5.34. The maximum Gasteiger partial charge on any atom is 0.243 e. The van der Waals surface area contributed by atoms with Crippen molar-refractivity contribution in [3.63, 3.8) is 0 Å². The molecule has 1 aromatic carbocycles. The van der Waals surface area contributed by atoms with Crippen molar-refractivity contribution in [2.45, 2.75) is 18.4 Å². The molecular weight excluding hydrogens is 272 g/mol. The first-order valence-electron chi connectivity index (χ1n) is 5.56. The normalized spacial score (nSPS) is 11.8. The van der Waals surface area contributed by atoms with Crippen LogP contribution in [0, 0.1) is 0 Å². The summed E-state index contributed by atoms with van der Waals surface area (Å²) in [5.41, 5.74) is 6.14. The standard InChI is InChI=1S/C12H17ClN2O2S/c1-3-7-15(4-2)18(16,17)11-5-6-12(13)10(8-11)9-14/h3,5-6,8H,1,4,7,9,14H2,2H3. The van der Waals surface area contributed by atoms with Gasteiger partial charge < -0.3 is 5.73 Å². The van der Waals surface area contributed by atoms with Crippen molar-refractivity contribution in [3.05, 3.63) is 41.4 Å². The lowest BCUT2D eigenvalue weighted by atomic mass is 10.2. The molecule has 0 saturated heterocycles. The first kappa shape index (κ1) is 15.2. The Labute approximate surface area is 113 Å². The molecule has 0 fully saturated rings. The van der Waals surface area contributed by atoms with E-state index >= 15 is 0 Å². The number of sulfonamides is 1. The van der Waals surface area contributed by atoms with Gasteiger partial charge >= 0.3 is 0 Å². The molecule has 2 N–H and O–H groups in total. The lowest BCUT2D eigenvalue weighted by Gasteiger charge is -2.19. The smallest absolute Gasteiger partial charge is 0.243 e. The fraction of sp³-hybridized carbons (Fsp3) is 0.333. The molecule has 0 heterocycles. The van der Waals surface area contributed by atoms with E-state index in [0.29, 0.717) is 17.1 Å². The van der Waals surface area contributed by atoms with Crippen LogP contribution in [-0.2, 0) is 16.6 Å². The molecule has 0 saturated carbocycles. The summed E-state index contributed by atoms with van der Waals surface area (Å²) in [7, 11) is -3.51. The van der Waals surface area contributed by atoms with Crippen LogP contribution in [0.4, 0.5) is 0 Å². The molecule has 1 rings (SSSR count).